The van der Waals surface area contributed by atoms with Crippen LogP contribution in [-0.4, -0.2) is 25.8 Å². The lowest BCUT2D eigenvalue weighted by molar-refractivity contribution is -0.123. The number of carbonyl (C=O) groups excluding carboxylic acids is 1. The molecular formula is C16H13BrCl2N2O3. The third-order valence-electron chi connectivity index (χ3n) is 2.84. The number of carbonyl (C=O) groups is 1. The Balaban J connectivity index is 1.90. The van der Waals surface area contributed by atoms with E-state index in [0.29, 0.717) is 27.1 Å². The van der Waals surface area contributed by atoms with Gasteiger partial charge in [-0.15, -0.1) is 0 Å². The summed E-state index contributed by atoms with van der Waals surface area (Å²) in [5, 5.41) is 4.70. The van der Waals surface area contributed by atoms with Crippen LogP contribution in [0.2, 0.25) is 10.0 Å². The van der Waals surface area contributed by atoms with Gasteiger partial charge in [0, 0.05) is 15.1 Å². The standard InChI is InChI=1S/C16H13BrCl2N2O3/c1-23-14-4-2-11(17)6-10(14)8-20-21-16(22)9-24-15-5-3-12(18)7-13(15)19/h2-8H,9H2,1H3,(H,21,22)/b20-8+. The summed E-state index contributed by atoms with van der Waals surface area (Å²) in [6.45, 7) is -0.228. The van der Waals surface area contributed by atoms with Crippen LogP contribution in [0.3, 0.4) is 0 Å². The maximum atomic E-state index is 11.7. The number of hydrogen-bond donors (Lipinski definition) is 1. The molecular weight excluding hydrogens is 419 g/mol. The number of halogens is 3. The van der Waals surface area contributed by atoms with E-state index in [1.807, 2.05) is 12.1 Å². The highest BCUT2D eigenvalue weighted by Crippen LogP contribution is 2.27. The quantitative estimate of drug-likeness (QED) is 0.548. The largest absolute Gasteiger partial charge is 0.496 e. The van der Waals surface area contributed by atoms with Crippen LogP contribution in [0, 0.1) is 0 Å². The lowest BCUT2D eigenvalue weighted by Gasteiger charge is -2.07. The van der Waals surface area contributed by atoms with E-state index in [0.717, 1.165) is 4.47 Å². The van der Waals surface area contributed by atoms with Crippen molar-refractivity contribution in [3.8, 4) is 11.5 Å². The van der Waals surface area contributed by atoms with Crippen molar-refractivity contribution >= 4 is 51.3 Å². The van der Waals surface area contributed by atoms with Crippen molar-refractivity contribution in [1.29, 1.82) is 0 Å². The molecule has 0 bridgehead atoms. The van der Waals surface area contributed by atoms with Gasteiger partial charge in [0.15, 0.2) is 6.61 Å². The molecule has 24 heavy (non-hydrogen) atoms. The lowest BCUT2D eigenvalue weighted by Crippen LogP contribution is -2.24. The summed E-state index contributed by atoms with van der Waals surface area (Å²) < 4.78 is 11.4. The van der Waals surface area contributed by atoms with E-state index in [2.05, 4.69) is 26.5 Å². The van der Waals surface area contributed by atoms with E-state index in [1.165, 1.54) is 12.3 Å². The molecule has 0 aromatic heterocycles. The topological polar surface area (TPSA) is 59.9 Å². The first kappa shape index (κ1) is 18.6. The SMILES string of the molecule is COc1ccc(Br)cc1/C=N/NC(=O)COc1ccc(Cl)cc1Cl. The van der Waals surface area contributed by atoms with Crippen molar-refractivity contribution in [2.75, 3.05) is 13.7 Å². The molecule has 0 unspecified atom stereocenters. The molecule has 8 heteroatoms. The van der Waals surface area contributed by atoms with Crippen LogP contribution in [0.4, 0.5) is 0 Å². The van der Waals surface area contributed by atoms with E-state index in [4.69, 9.17) is 32.7 Å². The number of nitrogens with one attached hydrogen (secondary N) is 1. The number of methoxy groups -OCH3 is 1. The summed E-state index contributed by atoms with van der Waals surface area (Å²) in [4.78, 5) is 11.7. The van der Waals surface area contributed by atoms with Crippen LogP contribution >= 0.6 is 39.1 Å². The number of hydrogen-bond acceptors (Lipinski definition) is 4. The average molecular weight is 432 g/mol. The van der Waals surface area contributed by atoms with E-state index in [1.54, 1.807) is 25.3 Å². The Kier molecular flexibility index (Phi) is 6.90. The molecule has 2 rings (SSSR count). The van der Waals surface area contributed by atoms with Crippen LogP contribution in [0.15, 0.2) is 46.0 Å². The average Bonchev–Trinajstić information content (AvgIpc) is 2.54. The zero-order valence-corrected chi connectivity index (χ0v) is 15.7. The monoisotopic (exact) mass is 430 g/mol. The predicted octanol–water partition coefficient (Wildman–Crippen LogP) is 4.29. The Morgan fingerprint density at radius 2 is 2.00 bits per heavy atom. The van der Waals surface area contributed by atoms with Crippen molar-refractivity contribution < 1.29 is 14.3 Å². The second kappa shape index (κ2) is 8.92. The molecule has 0 radical (unpaired) electrons. The van der Waals surface area contributed by atoms with Crippen LogP contribution in [0.5, 0.6) is 11.5 Å². The van der Waals surface area contributed by atoms with Gasteiger partial charge in [-0.1, -0.05) is 39.1 Å². The second-order valence-corrected chi connectivity index (χ2v) is 6.30. The molecule has 0 heterocycles. The Labute approximate surface area is 157 Å². The number of benzene rings is 2. The maximum absolute atomic E-state index is 11.7. The van der Waals surface area contributed by atoms with E-state index < -0.39 is 5.91 Å². The van der Waals surface area contributed by atoms with Gasteiger partial charge < -0.3 is 9.47 Å². The van der Waals surface area contributed by atoms with Gasteiger partial charge in [0.25, 0.3) is 5.91 Å². The molecule has 0 saturated heterocycles. The highest BCUT2D eigenvalue weighted by Gasteiger charge is 2.06. The number of amides is 1. The fraction of sp³-hybridized carbons (Fsp3) is 0.125. The van der Waals surface area contributed by atoms with Crippen molar-refractivity contribution in [2.24, 2.45) is 5.10 Å². The molecule has 0 saturated carbocycles. The minimum absolute atomic E-state index is 0.228. The lowest BCUT2D eigenvalue weighted by atomic mass is 10.2. The first-order valence-electron chi connectivity index (χ1n) is 6.73. The molecule has 0 fully saturated rings. The minimum atomic E-state index is -0.425. The van der Waals surface area contributed by atoms with E-state index >= 15 is 0 Å². The summed E-state index contributed by atoms with van der Waals surface area (Å²) in [6, 6.07) is 10.2. The van der Waals surface area contributed by atoms with E-state index in [9.17, 15) is 4.79 Å². The van der Waals surface area contributed by atoms with Crippen molar-refractivity contribution in [2.45, 2.75) is 0 Å². The zero-order chi connectivity index (χ0) is 17.5. The van der Waals surface area contributed by atoms with Gasteiger partial charge in [-0.3, -0.25) is 4.79 Å². The zero-order valence-electron chi connectivity index (χ0n) is 12.6. The Morgan fingerprint density at radius 1 is 1.25 bits per heavy atom. The highest BCUT2D eigenvalue weighted by molar-refractivity contribution is 9.10. The van der Waals surface area contributed by atoms with Crippen molar-refractivity contribution in [1.82, 2.24) is 5.43 Å². The van der Waals surface area contributed by atoms with Gasteiger partial charge in [-0.05, 0) is 36.4 Å². The first-order chi connectivity index (χ1) is 11.5. The predicted molar refractivity (Wildman–Crippen MR) is 98.4 cm³/mol. The maximum Gasteiger partial charge on any atom is 0.277 e. The summed E-state index contributed by atoms with van der Waals surface area (Å²) in [6.07, 6.45) is 1.48. The van der Waals surface area contributed by atoms with Crippen LogP contribution in [0.1, 0.15) is 5.56 Å². The van der Waals surface area contributed by atoms with E-state index in [-0.39, 0.29) is 6.61 Å². The first-order valence-corrected chi connectivity index (χ1v) is 8.28. The number of nitrogens with zero attached hydrogens (tertiary/aromatic N) is 1. The molecule has 0 aliphatic rings. The van der Waals surface area contributed by atoms with Crippen molar-refractivity contribution in [3.63, 3.8) is 0 Å². The number of rotatable bonds is 6. The van der Waals surface area contributed by atoms with Gasteiger partial charge >= 0.3 is 0 Å². The minimum Gasteiger partial charge on any atom is -0.496 e. The molecule has 0 spiro atoms. The Hall–Kier alpha value is -1.76. The number of hydrazone groups is 1. The molecule has 5 nitrogen and oxygen atoms in total. The van der Waals surface area contributed by atoms with Gasteiger partial charge in [-0.25, -0.2) is 5.43 Å². The molecule has 1 N–H and O–H groups in total. The molecule has 2 aromatic rings. The van der Waals surface area contributed by atoms with Crippen molar-refractivity contribution in [3.05, 3.63) is 56.5 Å². The summed E-state index contributed by atoms with van der Waals surface area (Å²) >= 11 is 15.1. The smallest absolute Gasteiger partial charge is 0.277 e. The van der Waals surface area contributed by atoms with Crippen LogP contribution in [0.25, 0.3) is 0 Å². The summed E-state index contributed by atoms with van der Waals surface area (Å²) in [5.74, 6) is 0.584. The summed E-state index contributed by atoms with van der Waals surface area (Å²) in [5.41, 5.74) is 3.09. The van der Waals surface area contributed by atoms with Crippen LogP contribution in [-0.2, 0) is 4.79 Å². The number of ether oxygens (including phenoxy) is 2. The van der Waals surface area contributed by atoms with Gasteiger partial charge in [0.2, 0.25) is 0 Å². The fourth-order valence-corrected chi connectivity index (χ4v) is 2.59. The molecule has 2 aromatic carbocycles. The fourth-order valence-electron chi connectivity index (χ4n) is 1.75. The summed E-state index contributed by atoms with van der Waals surface area (Å²) in [7, 11) is 1.56. The molecule has 0 aliphatic carbocycles. The van der Waals surface area contributed by atoms with Gasteiger partial charge in [0.1, 0.15) is 11.5 Å². The van der Waals surface area contributed by atoms with Crippen LogP contribution < -0.4 is 14.9 Å². The second-order valence-electron chi connectivity index (χ2n) is 4.54. The molecule has 126 valence electrons. The van der Waals surface area contributed by atoms with Gasteiger partial charge in [-0.2, -0.15) is 5.10 Å². The normalized spacial score (nSPS) is 10.7. The Bertz CT molecular complexity index is 769. The molecule has 1 amide bonds. The Morgan fingerprint density at radius 3 is 2.71 bits per heavy atom. The third-order valence-corrected chi connectivity index (χ3v) is 3.86. The van der Waals surface area contributed by atoms with Gasteiger partial charge in [0.05, 0.1) is 18.3 Å². The highest BCUT2D eigenvalue weighted by atomic mass is 79.9. The molecule has 0 atom stereocenters. The molecule has 0 aliphatic heterocycles. The third kappa shape index (κ3) is 5.40.